The molecule has 2 aromatic carbocycles. The van der Waals surface area contributed by atoms with Gasteiger partial charge in [0.05, 0.1) is 5.75 Å². The van der Waals surface area contributed by atoms with Crippen molar-refractivity contribution in [1.29, 1.82) is 0 Å². The smallest absolute Gasteiger partial charge is 0.255 e. The van der Waals surface area contributed by atoms with Gasteiger partial charge in [-0.25, -0.2) is 8.42 Å². The maximum Gasteiger partial charge on any atom is 0.255 e. The number of phenolic OH excluding ortho intramolecular Hbond substituents is 1. The van der Waals surface area contributed by atoms with Crippen LogP contribution in [0, 0.1) is 6.92 Å². The fraction of sp³-hybridized carbons (Fsp3) is 0.188. The zero-order valence-corrected chi connectivity index (χ0v) is 13.1. The van der Waals surface area contributed by atoms with Gasteiger partial charge in [0.15, 0.2) is 9.84 Å². The molecule has 6 heteroatoms. The van der Waals surface area contributed by atoms with Gasteiger partial charge in [0.1, 0.15) is 5.75 Å². The topological polar surface area (TPSA) is 83.5 Å². The van der Waals surface area contributed by atoms with E-state index in [9.17, 15) is 18.3 Å². The number of rotatable bonds is 4. The van der Waals surface area contributed by atoms with Crippen LogP contribution in [0.5, 0.6) is 5.75 Å². The van der Waals surface area contributed by atoms with Crippen LogP contribution in [-0.4, -0.2) is 25.7 Å². The Morgan fingerprint density at radius 2 is 1.77 bits per heavy atom. The molecular formula is C16H17NO4S. The summed E-state index contributed by atoms with van der Waals surface area (Å²) >= 11 is 0. The van der Waals surface area contributed by atoms with E-state index in [2.05, 4.69) is 5.32 Å². The summed E-state index contributed by atoms with van der Waals surface area (Å²) in [6.45, 7) is 1.78. The molecule has 0 radical (unpaired) electrons. The van der Waals surface area contributed by atoms with E-state index in [4.69, 9.17) is 0 Å². The van der Waals surface area contributed by atoms with Gasteiger partial charge in [-0.2, -0.15) is 0 Å². The minimum absolute atomic E-state index is 0.0496. The van der Waals surface area contributed by atoms with E-state index in [1.807, 2.05) is 0 Å². The quantitative estimate of drug-likeness (QED) is 0.848. The van der Waals surface area contributed by atoms with Crippen LogP contribution < -0.4 is 5.32 Å². The summed E-state index contributed by atoms with van der Waals surface area (Å²) in [5.41, 5.74) is 2.44. The summed E-state index contributed by atoms with van der Waals surface area (Å²) in [5.74, 6) is -0.202. The highest BCUT2D eigenvalue weighted by Crippen LogP contribution is 2.21. The van der Waals surface area contributed by atoms with Crippen LogP contribution in [0.1, 0.15) is 21.5 Å². The highest BCUT2D eigenvalue weighted by Gasteiger charge is 2.09. The maximum atomic E-state index is 12.2. The molecule has 0 atom stereocenters. The second-order valence-electron chi connectivity index (χ2n) is 5.22. The Labute approximate surface area is 129 Å². The molecule has 0 aromatic heterocycles. The number of carbonyl (C=O) groups is 1. The molecule has 0 aliphatic rings. The van der Waals surface area contributed by atoms with Gasteiger partial charge >= 0.3 is 0 Å². The fourth-order valence-corrected chi connectivity index (χ4v) is 2.84. The van der Waals surface area contributed by atoms with Crippen molar-refractivity contribution in [2.45, 2.75) is 12.7 Å². The van der Waals surface area contributed by atoms with Gasteiger partial charge in [-0.3, -0.25) is 4.79 Å². The molecule has 0 aliphatic heterocycles. The van der Waals surface area contributed by atoms with Crippen molar-refractivity contribution in [1.82, 2.24) is 0 Å². The van der Waals surface area contributed by atoms with Crippen LogP contribution in [0.25, 0.3) is 0 Å². The van der Waals surface area contributed by atoms with Crippen molar-refractivity contribution in [3.63, 3.8) is 0 Å². The molecule has 0 heterocycles. The summed E-state index contributed by atoms with van der Waals surface area (Å²) in [6.07, 6.45) is 1.17. The highest BCUT2D eigenvalue weighted by molar-refractivity contribution is 7.89. The normalized spacial score (nSPS) is 11.2. The summed E-state index contributed by atoms with van der Waals surface area (Å²) in [5, 5.41) is 12.1. The first kappa shape index (κ1) is 16.0. The lowest BCUT2D eigenvalue weighted by Crippen LogP contribution is -2.12. The Hall–Kier alpha value is -2.34. The van der Waals surface area contributed by atoms with E-state index in [0.717, 1.165) is 5.56 Å². The monoisotopic (exact) mass is 319 g/mol. The second kappa shape index (κ2) is 6.19. The third-order valence-electron chi connectivity index (χ3n) is 3.10. The summed E-state index contributed by atoms with van der Waals surface area (Å²) < 4.78 is 22.5. The molecule has 1 amide bonds. The number of hydrogen-bond donors (Lipinski definition) is 2. The van der Waals surface area contributed by atoms with Crippen LogP contribution in [0.3, 0.4) is 0 Å². The van der Waals surface area contributed by atoms with Crippen molar-refractivity contribution < 1.29 is 18.3 Å². The van der Waals surface area contributed by atoms with Crippen molar-refractivity contribution in [3.8, 4) is 5.75 Å². The van der Waals surface area contributed by atoms with Crippen LogP contribution in [-0.2, 0) is 15.6 Å². The Balaban J connectivity index is 2.13. The van der Waals surface area contributed by atoms with E-state index in [1.165, 1.54) is 12.3 Å². The summed E-state index contributed by atoms with van der Waals surface area (Å²) in [7, 11) is -3.09. The molecule has 0 fully saturated rings. The van der Waals surface area contributed by atoms with E-state index < -0.39 is 9.84 Å². The minimum atomic E-state index is -3.09. The number of phenols is 1. The van der Waals surface area contributed by atoms with Gasteiger partial charge in [0.25, 0.3) is 5.91 Å². The van der Waals surface area contributed by atoms with Gasteiger partial charge in [-0.1, -0.05) is 12.1 Å². The van der Waals surface area contributed by atoms with Crippen molar-refractivity contribution in [2.24, 2.45) is 0 Å². The number of benzene rings is 2. The predicted octanol–water partition coefficient (Wildman–Crippen LogP) is 2.50. The fourth-order valence-electron chi connectivity index (χ4n) is 2.04. The third-order valence-corrected chi connectivity index (χ3v) is 3.96. The largest absolute Gasteiger partial charge is 0.508 e. The first-order valence-corrected chi connectivity index (χ1v) is 8.68. The van der Waals surface area contributed by atoms with Crippen LogP contribution in [0.15, 0.2) is 42.5 Å². The number of anilines is 1. The standard InChI is InChI=1S/C16H17NO4S/c1-11-9-14(18)7-8-15(11)17-16(19)13-5-3-12(4-6-13)10-22(2,20)21/h3-9,18H,10H2,1-2H3,(H,17,19). The van der Waals surface area contributed by atoms with Crippen molar-refractivity contribution >= 4 is 21.4 Å². The van der Waals surface area contributed by atoms with Gasteiger partial charge in [0, 0.05) is 17.5 Å². The van der Waals surface area contributed by atoms with Gasteiger partial charge < -0.3 is 10.4 Å². The molecule has 22 heavy (non-hydrogen) atoms. The average molecular weight is 319 g/mol. The maximum absolute atomic E-state index is 12.2. The summed E-state index contributed by atoms with van der Waals surface area (Å²) in [6, 6.07) is 11.1. The lowest BCUT2D eigenvalue weighted by Gasteiger charge is -2.09. The number of aryl methyl sites for hydroxylation is 1. The Bertz CT molecular complexity index is 795. The molecule has 2 N–H and O–H groups in total. The van der Waals surface area contributed by atoms with E-state index in [1.54, 1.807) is 43.3 Å². The lowest BCUT2D eigenvalue weighted by atomic mass is 10.1. The second-order valence-corrected chi connectivity index (χ2v) is 7.36. The first-order chi connectivity index (χ1) is 10.2. The zero-order valence-electron chi connectivity index (χ0n) is 12.3. The van der Waals surface area contributed by atoms with Crippen LogP contribution >= 0.6 is 0 Å². The van der Waals surface area contributed by atoms with E-state index >= 15 is 0 Å². The zero-order chi connectivity index (χ0) is 16.3. The van der Waals surface area contributed by atoms with Crippen LogP contribution in [0.4, 0.5) is 5.69 Å². The number of sulfone groups is 1. The van der Waals surface area contributed by atoms with Crippen molar-refractivity contribution in [3.05, 3.63) is 59.2 Å². The van der Waals surface area contributed by atoms with Crippen molar-refractivity contribution in [2.75, 3.05) is 11.6 Å². The minimum Gasteiger partial charge on any atom is -0.508 e. The van der Waals surface area contributed by atoms with Gasteiger partial charge in [-0.15, -0.1) is 0 Å². The molecule has 2 aromatic rings. The molecule has 0 aliphatic carbocycles. The first-order valence-electron chi connectivity index (χ1n) is 6.62. The van der Waals surface area contributed by atoms with Gasteiger partial charge in [-0.05, 0) is 48.4 Å². The molecule has 0 saturated carbocycles. The summed E-state index contributed by atoms with van der Waals surface area (Å²) in [4.78, 5) is 12.2. The van der Waals surface area contributed by atoms with Gasteiger partial charge in [0.2, 0.25) is 0 Å². The van der Waals surface area contributed by atoms with E-state index in [0.29, 0.717) is 16.8 Å². The molecule has 0 bridgehead atoms. The molecule has 2 rings (SSSR count). The Morgan fingerprint density at radius 1 is 1.14 bits per heavy atom. The number of carbonyl (C=O) groups excluding carboxylic acids is 1. The van der Waals surface area contributed by atoms with E-state index in [-0.39, 0.29) is 17.4 Å². The molecule has 0 saturated heterocycles. The molecule has 5 nitrogen and oxygen atoms in total. The number of nitrogens with one attached hydrogen (secondary N) is 1. The Morgan fingerprint density at radius 3 is 2.32 bits per heavy atom. The Kier molecular flexibility index (Phi) is 4.51. The molecule has 0 unspecified atom stereocenters. The number of aromatic hydroxyl groups is 1. The lowest BCUT2D eigenvalue weighted by molar-refractivity contribution is 0.102. The third kappa shape index (κ3) is 4.33. The average Bonchev–Trinajstić information content (AvgIpc) is 2.41. The molecule has 116 valence electrons. The SMILES string of the molecule is Cc1cc(O)ccc1NC(=O)c1ccc(CS(C)(=O)=O)cc1. The molecular weight excluding hydrogens is 302 g/mol. The van der Waals surface area contributed by atoms with Crippen LogP contribution in [0.2, 0.25) is 0 Å². The predicted molar refractivity (Wildman–Crippen MR) is 85.8 cm³/mol. The number of hydrogen-bond acceptors (Lipinski definition) is 4. The molecule has 0 spiro atoms. The highest BCUT2D eigenvalue weighted by atomic mass is 32.2. The number of amides is 1.